The quantitative estimate of drug-likeness (QED) is 0.682. The third kappa shape index (κ3) is 2.90. The number of ether oxygens (including phenoxy) is 2. The number of aryl methyl sites for hydroxylation is 1. The van der Waals surface area contributed by atoms with Gasteiger partial charge in [-0.15, -0.1) is 0 Å². The summed E-state index contributed by atoms with van der Waals surface area (Å²) in [5.41, 5.74) is 0.858. The molecule has 1 unspecified atom stereocenters. The lowest BCUT2D eigenvalue weighted by molar-refractivity contribution is -0.0480. The van der Waals surface area contributed by atoms with E-state index in [0.717, 1.165) is 44.0 Å². The van der Waals surface area contributed by atoms with Gasteiger partial charge in [0, 0.05) is 30.6 Å². The van der Waals surface area contributed by atoms with Crippen LogP contribution in [0.1, 0.15) is 18.5 Å². The predicted octanol–water partition coefficient (Wildman–Crippen LogP) is 1.89. The molecule has 140 valence electrons. The second kappa shape index (κ2) is 6.45. The standard InChI is InChI=1S/C19H22N6O2/c1-14-10-17(25-18(23-14)21-13-22-25)24-11-19(12-24)15(6-9-27-19)5-8-26-16-4-2-3-7-20-16/h2-4,7,10,13,15H,5-6,8-9,11-12H2,1H3. The van der Waals surface area contributed by atoms with E-state index in [-0.39, 0.29) is 5.60 Å². The van der Waals surface area contributed by atoms with Crippen molar-refractivity contribution < 1.29 is 9.47 Å². The maximum absolute atomic E-state index is 6.19. The molecule has 0 aromatic carbocycles. The number of aromatic nitrogens is 5. The number of fused-ring (bicyclic) bond motifs is 1. The topological polar surface area (TPSA) is 77.7 Å². The number of rotatable bonds is 5. The van der Waals surface area contributed by atoms with Crippen molar-refractivity contribution in [3.05, 3.63) is 42.5 Å². The normalized spacial score (nSPS) is 20.9. The molecule has 1 atom stereocenters. The van der Waals surface area contributed by atoms with E-state index < -0.39 is 0 Å². The van der Waals surface area contributed by atoms with Crippen molar-refractivity contribution in [3.8, 4) is 5.88 Å². The molecule has 0 bridgehead atoms. The Morgan fingerprint density at radius 3 is 3.07 bits per heavy atom. The van der Waals surface area contributed by atoms with E-state index in [1.165, 1.54) is 0 Å². The second-order valence-electron chi connectivity index (χ2n) is 7.29. The van der Waals surface area contributed by atoms with Gasteiger partial charge in [-0.1, -0.05) is 6.07 Å². The van der Waals surface area contributed by atoms with Gasteiger partial charge in [-0.3, -0.25) is 0 Å². The van der Waals surface area contributed by atoms with Crippen LogP contribution in [0.3, 0.4) is 0 Å². The van der Waals surface area contributed by atoms with E-state index in [2.05, 4.69) is 31.0 Å². The van der Waals surface area contributed by atoms with Crippen molar-refractivity contribution in [2.75, 3.05) is 31.2 Å². The lowest BCUT2D eigenvalue weighted by Gasteiger charge is -2.51. The molecule has 2 aliphatic rings. The van der Waals surface area contributed by atoms with Crippen LogP contribution in [-0.2, 0) is 4.74 Å². The fraction of sp³-hybridized carbons (Fsp3) is 0.474. The minimum absolute atomic E-state index is 0.0858. The molecule has 5 heterocycles. The van der Waals surface area contributed by atoms with Crippen LogP contribution in [0.15, 0.2) is 36.8 Å². The van der Waals surface area contributed by atoms with Gasteiger partial charge in [0.2, 0.25) is 5.88 Å². The van der Waals surface area contributed by atoms with Crippen molar-refractivity contribution >= 4 is 11.6 Å². The van der Waals surface area contributed by atoms with Gasteiger partial charge in [0.05, 0.1) is 19.7 Å². The first-order valence-corrected chi connectivity index (χ1v) is 9.34. The summed E-state index contributed by atoms with van der Waals surface area (Å²) in [5, 5.41) is 4.31. The van der Waals surface area contributed by atoms with Crippen LogP contribution >= 0.6 is 0 Å². The molecule has 0 radical (unpaired) electrons. The summed E-state index contributed by atoms with van der Waals surface area (Å²) in [5.74, 6) is 2.84. The molecular formula is C19H22N6O2. The summed E-state index contributed by atoms with van der Waals surface area (Å²) < 4.78 is 13.8. The summed E-state index contributed by atoms with van der Waals surface area (Å²) in [7, 11) is 0. The number of hydrogen-bond donors (Lipinski definition) is 0. The van der Waals surface area contributed by atoms with Crippen molar-refractivity contribution in [1.82, 2.24) is 24.6 Å². The molecule has 0 aliphatic carbocycles. The van der Waals surface area contributed by atoms with Gasteiger partial charge in [-0.25, -0.2) is 9.97 Å². The predicted molar refractivity (Wildman–Crippen MR) is 98.9 cm³/mol. The first kappa shape index (κ1) is 16.4. The monoisotopic (exact) mass is 366 g/mol. The Labute approximate surface area is 157 Å². The van der Waals surface area contributed by atoms with E-state index in [1.807, 2.05) is 25.1 Å². The van der Waals surface area contributed by atoms with Gasteiger partial charge in [-0.2, -0.15) is 14.6 Å². The highest BCUT2D eigenvalue weighted by molar-refractivity contribution is 5.51. The van der Waals surface area contributed by atoms with E-state index in [4.69, 9.17) is 9.47 Å². The van der Waals surface area contributed by atoms with Crippen LogP contribution in [0.5, 0.6) is 5.88 Å². The molecule has 1 spiro atoms. The number of nitrogens with zero attached hydrogens (tertiary/aromatic N) is 6. The molecule has 27 heavy (non-hydrogen) atoms. The maximum atomic E-state index is 6.19. The molecule has 2 fully saturated rings. The van der Waals surface area contributed by atoms with Crippen molar-refractivity contribution in [2.45, 2.75) is 25.4 Å². The zero-order valence-electron chi connectivity index (χ0n) is 15.3. The minimum atomic E-state index is -0.0858. The first-order valence-electron chi connectivity index (χ1n) is 9.34. The van der Waals surface area contributed by atoms with Crippen LogP contribution in [0.25, 0.3) is 5.78 Å². The average molecular weight is 366 g/mol. The van der Waals surface area contributed by atoms with Gasteiger partial charge in [0.1, 0.15) is 17.7 Å². The third-order valence-electron chi connectivity index (χ3n) is 5.56. The Bertz CT molecular complexity index is 938. The highest BCUT2D eigenvalue weighted by Gasteiger charge is 2.53. The molecule has 0 saturated carbocycles. The fourth-order valence-corrected chi connectivity index (χ4v) is 4.18. The van der Waals surface area contributed by atoms with Crippen molar-refractivity contribution in [1.29, 1.82) is 0 Å². The smallest absolute Gasteiger partial charge is 0.254 e. The van der Waals surface area contributed by atoms with Gasteiger partial charge in [-0.05, 0) is 31.7 Å². The highest BCUT2D eigenvalue weighted by Crippen LogP contribution is 2.43. The Hall–Kier alpha value is -2.74. The van der Waals surface area contributed by atoms with Crippen LogP contribution < -0.4 is 9.64 Å². The summed E-state index contributed by atoms with van der Waals surface area (Å²) in [6, 6.07) is 7.78. The Balaban J connectivity index is 1.25. The number of anilines is 1. The number of pyridine rings is 1. The lowest BCUT2D eigenvalue weighted by Crippen LogP contribution is -2.65. The van der Waals surface area contributed by atoms with Gasteiger partial charge < -0.3 is 14.4 Å². The molecule has 3 aromatic heterocycles. The zero-order chi connectivity index (χ0) is 18.3. The van der Waals surface area contributed by atoms with Crippen LogP contribution in [0.2, 0.25) is 0 Å². The van der Waals surface area contributed by atoms with E-state index in [0.29, 0.717) is 24.2 Å². The molecule has 8 nitrogen and oxygen atoms in total. The minimum Gasteiger partial charge on any atom is -0.478 e. The van der Waals surface area contributed by atoms with Crippen LogP contribution in [0.4, 0.5) is 5.82 Å². The van der Waals surface area contributed by atoms with Crippen LogP contribution in [0, 0.1) is 12.8 Å². The summed E-state index contributed by atoms with van der Waals surface area (Å²) in [4.78, 5) is 15.1. The van der Waals surface area contributed by atoms with E-state index in [1.54, 1.807) is 17.0 Å². The SMILES string of the molecule is Cc1cc(N2CC3(C2)OCCC3CCOc2ccccn2)n2ncnc2n1. The van der Waals surface area contributed by atoms with E-state index in [9.17, 15) is 0 Å². The Morgan fingerprint density at radius 2 is 2.22 bits per heavy atom. The summed E-state index contributed by atoms with van der Waals surface area (Å²) in [6.45, 7) is 5.18. The van der Waals surface area contributed by atoms with Crippen LogP contribution in [-0.4, -0.2) is 56.5 Å². The van der Waals surface area contributed by atoms with Gasteiger partial charge in [0.15, 0.2) is 0 Å². The van der Waals surface area contributed by atoms with Crippen molar-refractivity contribution in [3.63, 3.8) is 0 Å². The van der Waals surface area contributed by atoms with E-state index >= 15 is 0 Å². The highest BCUT2D eigenvalue weighted by atomic mass is 16.5. The maximum Gasteiger partial charge on any atom is 0.254 e. The number of hydrogen-bond acceptors (Lipinski definition) is 7. The van der Waals surface area contributed by atoms with Gasteiger partial charge in [0.25, 0.3) is 5.78 Å². The molecule has 5 rings (SSSR count). The van der Waals surface area contributed by atoms with Crippen molar-refractivity contribution in [2.24, 2.45) is 5.92 Å². The fourth-order valence-electron chi connectivity index (χ4n) is 4.18. The molecule has 0 amide bonds. The average Bonchev–Trinajstić information content (AvgIpc) is 3.27. The molecule has 0 N–H and O–H groups in total. The zero-order valence-corrected chi connectivity index (χ0v) is 15.3. The molecule has 3 aromatic rings. The molecular weight excluding hydrogens is 344 g/mol. The van der Waals surface area contributed by atoms with Gasteiger partial charge >= 0.3 is 0 Å². The first-order chi connectivity index (χ1) is 13.2. The molecule has 2 saturated heterocycles. The largest absolute Gasteiger partial charge is 0.478 e. The second-order valence-corrected chi connectivity index (χ2v) is 7.29. The summed E-state index contributed by atoms with van der Waals surface area (Å²) in [6.07, 6.45) is 5.34. The molecule has 2 aliphatic heterocycles. The molecule has 8 heteroatoms. The Morgan fingerprint density at radius 1 is 1.30 bits per heavy atom. The third-order valence-corrected chi connectivity index (χ3v) is 5.56. The lowest BCUT2D eigenvalue weighted by atomic mass is 9.79. The Kier molecular flexibility index (Phi) is 3.93. The summed E-state index contributed by atoms with van der Waals surface area (Å²) >= 11 is 0.